The third-order valence-electron chi connectivity index (χ3n) is 10.2. The quantitative estimate of drug-likeness (QED) is 0.0764. The Hall–Kier alpha value is -5.58. The van der Waals surface area contributed by atoms with Crippen molar-refractivity contribution in [3.63, 3.8) is 0 Å². The van der Waals surface area contributed by atoms with E-state index in [1.165, 1.54) is 4.80 Å². The summed E-state index contributed by atoms with van der Waals surface area (Å²) >= 11 is 0. The van der Waals surface area contributed by atoms with Crippen LogP contribution in [0.4, 0.5) is 11.4 Å². The fraction of sp³-hybridized carbons (Fsp3) is 0.381. The Kier molecular flexibility index (Phi) is 11.5. The van der Waals surface area contributed by atoms with Gasteiger partial charge in [0, 0.05) is 39.9 Å². The molecule has 0 fully saturated rings. The molecule has 0 aliphatic carbocycles. The van der Waals surface area contributed by atoms with Gasteiger partial charge in [-0.25, -0.2) is 4.90 Å². The number of esters is 1. The van der Waals surface area contributed by atoms with Crippen LogP contribution in [-0.4, -0.2) is 50.4 Å². The van der Waals surface area contributed by atoms with E-state index in [-0.39, 0.29) is 36.1 Å². The van der Waals surface area contributed by atoms with Gasteiger partial charge in [0.1, 0.15) is 22.5 Å². The van der Waals surface area contributed by atoms with Gasteiger partial charge < -0.3 is 15.2 Å². The van der Waals surface area contributed by atoms with E-state index in [0.29, 0.717) is 56.4 Å². The Balaban J connectivity index is 1.22. The Labute approximate surface area is 309 Å². The molecule has 3 amide bonds. The Morgan fingerprint density at radius 2 is 1.51 bits per heavy atom. The lowest BCUT2D eigenvalue weighted by Crippen LogP contribution is -2.40. The van der Waals surface area contributed by atoms with Gasteiger partial charge in [0.15, 0.2) is 0 Å². The van der Waals surface area contributed by atoms with Crippen LogP contribution in [0.3, 0.4) is 0 Å². The molecular weight excluding hydrogens is 670 g/mol. The van der Waals surface area contributed by atoms with Gasteiger partial charge in [-0.15, -0.1) is 15.0 Å². The summed E-state index contributed by atoms with van der Waals surface area (Å²) in [5.74, 6) is -1.48. The van der Waals surface area contributed by atoms with Gasteiger partial charge >= 0.3 is 5.97 Å². The standard InChI is InChI=1S/C42H47N5O6/c1-5-9-12-27(7-3)39(49)43-33-20-18-32-38-30(33)14-11-15-31(38)40(50)46(41(32)51)29-17-19-34-35(25-29)45-47(44-34)36-24-26(16-21-37(36)48)22-23-53-42(52)28(8-4)13-10-6-2/h11,14-21,24-25,27-28,48H,5-10,12-13,22-23H2,1-4H3,(H,43,49). The fourth-order valence-corrected chi connectivity index (χ4v) is 7.01. The Bertz CT molecular complexity index is 2150. The maximum atomic E-state index is 14.0. The minimum Gasteiger partial charge on any atom is -0.506 e. The maximum Gasteiger partial charge on any atom is 0.308 e. The number of amides is 3. The average Bonchev–Trinajstić information content (AvgIpc) is 3.59. The molecule has 53 heavy (non-hydrogen) atoms. The zero-order valence-electron chi connectivity index (χ0n) is 30.9. The molecule has 0 radical (unpaired) electrons. The molecular formula is C42H47N5O6. The van der Waals surface area contributed by atoms with E-state index < -0.39 is 11.8 Å². The van der Waals surface area contributed by atoms with E-state index in [1.807, 2.05) is 19.9 Å². The van der Waals surface area contributed by atoms with Gasteiger partial charge in [-0.1, -0.05) is 71.6 Å². The number of phenols is 1. The van der Waals surface area contributed by atoms with E-state index in [2.05, 4.69) is 29.4 Å². The third kappa shape index (κ3) is 7.65. The van der Waals surface area contributed by atoms with Crippen LogP contribution in [0.15, 0.2) is 66.7 Å². The normalized spacial score (nSPS) is 13.8. The number of anilines is 2. The summed E-state index contributed by atoms with van der Waals surface area (Å²) in [4.78, 5) is 56.2. The maximum absolute atomic E-state index is 14.0. The number of carbonyl (C=O) groups excluding carboxylic acids is 4. The van der Waals surface area contributed by atoms with Crippen LogP contribution in [0.5, 0.6) is 5.75 Å². The first-order valence-corrected chi connectivity index (χ1v) is 18.8. The highest BCUT2D eigenvalue weighted by Gasteiger charge is 2.35. The smallest absolute Gasteiger partial charge is 0.308 e. The molecule has 4 aromatic carbocycles. The second-order valence-electron chi connectivity index (χ2n) is 13.7. The Morgan fingerprint density at radius 1 is 0.811 bits per heavy atom. The Morgan fingerprint density at radius 3 is 2.23 bits per heavy atom. The van der Waals surface area contributed by atoms with Crippen LogP contribution in [0.25, 0.3) is 27.5 Å². The van der Waals surface area contributed by atoms with Gasteiger partial charge in [0.05, 0.1) is 18.2 Å². The van der Waals surface area contributed by atoms with Crippen LogP contribution in [0.1, 0.15) is 105 Å². The number of aromatic hydroxyl groups is 1. The van der Waals surface area contributed by atoms with Gasteiger partial charge in [0.2, 0.25) is 5.91 Å². The number of hydrogen-bond acceptors (Lipinski definition) is 8. The van der Waals surface area contributed by atoms with Crippen LogP contribution in [0.2, 0.25) is 0 Å². The number of benzene rings is 4. The molecule has 1 aromatic heterocycles. The number of nitrogens with zero attached hydrogens (tertiary/aromatic N) is 4. The summed E-state index contributed by atoms with van der Waals surface area (Å²) in [6, 6.07) is 18.7. The van der Waals surface area contributed by atoms with Crippen molar-refractivity contribution in [1.82, 2.24) is 15.0 Å². The minimum absolute atomic E-state index is 0.0373. The van der Waals surface area contributed by atoms with Gasteiger partial charge in [-0.2, -0.15) is 0 Å². The highest BCUT2D eigenvalue weighted by atomic mass is 16.5. The van der Waals surface area contributed by atoms with Gasteiger partial charge in [-0.05, 0) is 79.8 Å². The van der Waals surface area contributed by atoms with E-state index >= 15 is 0 Å². The van der Waals surface area contributed by atoms with Gasteiger partial charge in [-0.3, -0.25) is 19.2 Å². The molecule has 11 nitrogen and oxygen atoms in total. The lowest BCUT2D eigenvalue weighted by Gasteiger charge is -2.28. The molecule has 6 rings (SSSR count). The largest absolute Gasteiger partial charge is 0.506 e. The number of nitrogens with one attached hydrogen (secondary N) is 1. The first-order chi connectivity index (χ1) is 25.7. The summed E-state index contributed by atoms with van der Waals surface area (Å²) in [5, 5.41) is 24.1. The van der Waals surface area contributed by atoms with Crippen molar-refractivity contribution < 1.29 is 29.0 Å². The lowest BCUT2D eigenvalue weighted by molar-refractivity contribution is -0.148. The number of imide groups is 1. The van der Waals surface area contributed by atoms with E-state index in [1.54, 1.807) is 60.7 Å². The van der Waals surface area contributed by atoms with E-state index in [4.69, 9.17) is 4.74 Å². The number of hydrogen-bond donors (Lipinski definition) is 2. The number of carbonyl (C=O) groups is 4. The average molecular weight is 718 g/mol. The van der Waals surface area contributed by atoms with Crippen molar-refractivity contribution in [3.8, 4) is 11.4 Å². The predicted molar refractivity (Wildman–Crippen MR) is 206 cm³/mol. The molecule has 1 aliphatic rings. The zero-order valence-corrected chi connectivity index (χ0v) is 30.9. The highest BCUT2D eigenvalue weighted by Crippen LogP contribution is 2.37. The lowest BCUT2D eigenvalue weighted by atomic mass is 9.92. The molecule has 2 heterocycles. The van der Waals surface area contributed by atoms with Crippen molar-refractivity contribution in [2.75, 3.05) is 16.8 Å². The number of aromatic nitrogens is 3. The summed E-state index contributed by atoms with van der Waals surface area (Å²) in [6.45, 7) is 8.41. The second kappa shape index (κ2) is 16.4. The third-order valence-corrected chi connectivity index (χ3v) is 10.2. The van der Waals surface area contributed by atoms with Crippen molar-refractivity contribution >= 4 is 56.9 Å². The zero-order chi connectivity index (χ0) is 37.6. The molecule has 2 unspecified atom stereocenters. The van der Waals surface area contributed by atoms with Crippen molar-refractivity contribution in [3.05, 3.63) is 83.4 Å². The number of ether oxygens (including phenoxy) is 1. The summed E-state index contributed by atoms with van der Waals surface area (Å²) in [7, 11) is 0. The molecule has 0 bridgehead atoms. The van der Waals surface area contributed by atoms with Crippen LogP contribution in [0, 0.1) is 11.8 Å². The summed E-state index contributed by atoms with van der Waals surface area (Å²) in [5.41, 5.74) is 3.68. The number of rotatable bonds is 16. The summed E-state index contributed by atoms with van der Waals surface area (Å²) in [6.07, 6.45) is 7.52. The highest BCUT2D eigenvalue weighted by molar-refractivity contribution is 6.36. The fourth-order valence-electron chi connectivity index (χ4n) is 7.01. The molecule has 5 aromatic rings. The molecule has 0 saturated heterocycles. The van der Waals surface area contributed by atoms with Crippen LogP contribution >= 0.6 is 0 Å². The predicted octanol–water partition coefficient (Wildman–Crippen LogP) is 8.54. The van der Waals surface area contributed by atoms with Crippen LogP contribution < -0.4 is 10.2 Å². The number of unbranched alkanes of at least 4 members (excludes halogenated alkanes) is 2. The van der Waals surface area contributed by atoms with Crippen LogP contribution in [-0.2, 0) is 20.7 Å². The first-order valence-electron chi connectivity index (χ1n) is 18.8. The monoisotopic (exact) mass is 717 g/mol. The molecule has 11 heteroatoms. The SMILES string of the molecule is CCCCC(CC)C(=O)Nc1ccc2c3c(cccc13)C(=O)N(c1ccc3nn(-c4cc(CCOC(=O)C(CC)CCCC)ccc4O)nc3c1)C2=O. The molecule has 2 atom stereocenters. The molecule has 1 aliphatic heterocycles. The van der Waals surface area contributed by atoms with Crippen molar-refractivity contribution in [1.29, 1.82) is 0 Å². The molecule has 2 N–H and O–H groups in total. The minimum atomic E-state index is -0.487. The first kappa shape index (κ1) is 37.2. The second-order valence-corrected chi connectivity index (χ2v) is 13.7. The van der Waals surface area contributed by atoms with E-state index in [9.17, 15) is 24.3 Å². The number of phenolic OH excluding ortho intramolecular Hbond substituents is 1. The van der Waals surface area contributed by atoms with Crippen molar-refractivity contribution in [2.24, 2.45) is 11.8 Å². The van der Waals surface area contributed by atoms with Crippen molar-refractivity contribution in [2.45, 2.75) is 85.5 Å². The molecule has 0 spiro atoms. The van der Waals surface area contributed by atoms with E-state index in [0.717, 1.165) is 61.8 Å². The topological polar surface area (TPSA) is 144 Å². The summed E-state index contributed by atoms with van der Waals surface area (Å²) < 4.78 is 5.58. The molecule has 276 valence electrons. The van der Waals surface area contributed by atoms with Gasteiger partial charge in [0.25, 0.3) is 11.8 Å². The molecule has 0 saturated carbocycles. The number of fused-ring (bicyclic) bond motifs is 1.